The van der Waals surface area contributed by atoms with Gasteiger partial charge in [-0.05, 0) is 61.7 Å². The van der Waals surface area contributed by atoms with Crippen molar-refractivity contribution in [2.24, 2.45) is 5.92 Å². The van der Waals surface area contributed by atoms with Crippen LogP contribution in [0.2, 0.25) is 0 Å². The zero-order valence-electron chi connectivity index (χ0n) is 16.3. The van der Waals surface area contributed by atoms with E-state index in [1.807, 2.05) is 0 Å². The van der Waals surface area contributed by atoms with Gasteiger partial charge in [-0.1, -0.05) is 12.1 Å². The van der Waals surface area contributed by atoms with E-state index in [0.717, 1.165) is 19.5 Å². The van der Waals surface area contributed by atoms with Crippen LogP contribution >= 0.6 is 22.7 Å². The number of sulfonamides is 1. The molecule has 4 rings (SSSR count). The van der Waals surface area contributed by atoms with E-state index >= 15 is 0 Å². The second kappa shape index (κ2) is 9.26. The molecule has 6 nitrogen and oxygen atoms in total. The lowest BCUT2D eigenvalue weighted by molar-refractivity contribution is -0.126. The molecule has 1 amide bonds. The minimum absolute atomic E-state index is 0.0307. The molecule has 2 aromatic rings. The zero-order chi connectivity index (χ0) is 20.3. The van der Waals surface area contributed by atoms with E-state index in [-0.39, 0.29) is 24.4 Å². The molecule has 158 valence electrons. The first-order valence-electron chi connectivity index (χ1n) is 10.1. The van der Waals surface area contributed by atoms with Crippen LogP contribution in [0.5, 0.6) is 0 Å². The van der Waals surface area contributed by atoms with Gasteiger partial charge in [0.15, 0.2) is 0 Å². The van der Waals surface area contributed by atoms with Crippen LogP contribution in [0.3, 0.4) is 0 Å². The summed E-state index contributed by atoms with van der Waals surface area (Å²) < 4.78 is 27.5. The van der Waals surface area contributed by atoms with Crippen LogP contribution in [-0.4, -0.2) is 56.3 Å². The minimum atomic E-state index is -3.50. The summed E-state index contributed by atoms with van der Waals surface area (Å²) in [5, 5.41) is 6.98. The molecule has 29 heavy (non-hydrogen) atoms. The molecule has 0 unspecified atom stereocenters. The van der Waals surface area contributed by atoms with Crippen molar-refractivity contribution in [1.82, 2.24) is 14.5 Å². The van der Waals surface area contributed by atoms with E-state index in [4.69, 9.17) is 0 Å². The van der Waals surface area contributed by atoms with E-state index in [0.29, 0.717) is 23.7 Å². The van der Waals surface area contributed by atoms with E-state index in [1.54, 1.807) is 28.8 Å². The van der Waals surface area contributed by atoms with Crippen LogP contribution in [0.25, 0.3) is 0 Å². The molecule has 0 bridgehead atoms. The van der Waals surface area contributed by atoms with Crippen molar-refractivity contribution < 1.29 is 13.2 Å². The van der Waals surface area contributed by atoms with Gasteiger partial charge in [0, 0.05) is 24.5 Å². The molecule has 0 aromatic carbocycles. The summed E-state index contributed by atoms with van der Waals surface area (Å²) in [5.41, 5.74) is 0. The molecular formula is C20H27N3O3S3. The quantitative estimate of drug-likeness (QED) is 0.699. The Labute approximate surface area is 180 Å². The maximum Gasteiger partial charge on any atom is 0.252 e. The molecule has 0 spiro atoms. The zero-order valence-corrected chi connectivity index (χ0v) is 18.8. The third-order valence-electron chi connectivity index (χ3n) is 5.77. The number of piperidine rings is 1. The van der Waals surface area contributed by atoms with Crippen LogP contribution < -0.4 is 5.32 Å². The fraction of sp³-hybridized carbons (Fsp3) is 0.550. The van der Waals surface area contributed by atoms with Crippen LogP contribution in [0.15, 0.2) is 39.2 Å². The molecule has 9 heteroatoms. The molecule has 2 aliphatic heterocycles. The first-order valence-corrected chi connectivity index (χ1v) is 13.3. The molecular weight excluding hydrogens is 426 g/mol. The Morgan fingerprint density at radius 1 is 1.10 bits per heavy atom. The number of nitrogens with zero attached hydrogens (tertiary/aromatic N) is 2. The summed E-state index contributed by atoms with van der Waals surface area (Å²) in [6.45, 7) is 3.45. The molecule has 2 fully saturated rings. The summed E-state index contributed by atoms with van der Waals surface area (Å²) in [5.74, 6) is -0.321. The Kier molecular flexibility index (Phi) is 6.70. The molecule has 0 saturated carbocycles. The van der Waals surface area contributed by atoms with Crippen molar-refractivity contribution in [3.63, 3.8) is 0 Å². The summed E-state index contributed by atoms with van der Waals surface area (Å²) in [6.07, 6.45) is 3.85. The summed E-state index contributed by atoms with van der Waals surface area (Å²) in [4.78, 5) is 16.6. The largest absolute Gasteiger partial charge is 0.354 e. The fourth-order valence-electron chi connectivity index (χ4n) is 4.20. The number of hydrogen-bond donors (Lipinski definition) is 1. The molecule has 2 saturated heterocycles. The molecule has 0 radical (unpaired) electrons. The van der Waals surface area contributed by atoms with Gasteiger partial charge in [0.2, 0.25) is 5.91 Å². The first kappa shape index (κ1) is 21.0. The van der Waals surface area contributed by atoms with Gasteiger partial charge in [-0.2, -0.15) is 4.31 Å². The second-order valence-electron chi connectivity index (χ2n) is 7.65. The van der Waals surface area contributed by atoms with Gasteiger partial charge in [0.25, 0.3) is 10.0 Å². The van der Waals surface area contributed by atoms with Gasteiger partial charge >= 0.3 is 0 Å². The average Bonchev–Trinajstić information content (AvgIpc) is 3.51. The van der Waals surface area contributed by atoms with Crippen LogP contribution in [0, 0.1) is 5.92 Å². The van der Waals surface area contributed by atoms with Crippen molar-refractivity contribution in [3.05, 3.63) is 39.9 Å². The predicted octanol–water partition coefficient (Wildman–Crippen LogP) is 3.16. The highest BCUT2D eigenvalue weighted by Crippen LogP contribution is 2.29. The third kappa shape index (κ3) is 4.74. The normalized spacial score (nSPS) is 22.6. The smallest absolute Gasteiger partial charge is 0.252 e. The number of amides is 1. The molecule has 0 aliphatic carbocycles. The Hall–Kier alpha value is -1.26. The fourth-order valence-corrected chi connectivity index (χ4v) is 7.73. The number of likely N-dealkylation sites (tertiary alicyclic amines) is 1. The summed E-state index contributed by atoms with van der Waals surface area (Å²) in [6, 6.07) is 7.77. The second-order valence-corrected chi connectivity index (χ2v) is 11.7. The monoisotopic (exact) mass is 453 g/mol. The van der Waals surface area contributed by atoms with Crippen molar-refractivity contribution in [2.75, 3.05) is 32.7 Å². The number of rotatable bonds is 7. The van der Waals surface area contributed by atoms with E-state index < -0.39 is 10.0 Å². The standard InChI is InChI=1S/C20H27N3O3S3/c24-20(21-14-17(18-7-4-12-27-18)22-9-1-2-10-22)16-6-3-11-23(15-16)29(25,26)19-8-5-13-28-19/h4-5,7-8,12-13,16-17H,1-3,6,9-11,14-15H2,(H,21,24)/t16-,17+/m1/s1. The minimum Gasteiger partial charge on any atom is -0.354 e. The summed E-state index contributed by atoms with van der Waals surface area (Å²) >= 11 is 2.95. The molecule has 2 aliphatic rings. The summed E-state index contributed by atoms with van der Waals surface area (Å²) in [7, 11) is -3.50. The van der Waals surface area contributed by atoms with Crippen LogP contribution in [0.4, 0.5) is 0 Å². The van der Waals surface area contributed by atoms with Gasteiger partial charge in [-0.3, -0.25) is 9.69 Å². The van der Waals surface area contributed by atoms with Crippen molar-refractivity contribution in [3.8, 4) is 0 Å². The lowest BCUT2D eigenvalue weighted by Crippen LogP contribution is -2.46. The average molecular weight is 454 g/mol. The topological polar surface area (TPSA) is 69.7 Å². The van der Waals surface area contributed by atoms with Gasteiger partial charge < -0.3 is 5.32 Å². The van der Waals surface area contributed by atoms with E-state index in [2.05, 4.69) is 27.7 Å². The van der Waals surface area contributed by atoms with Gasteiger partial charge in [-0.25, -0.2) is 8.42 Å². The number of hydrogen-bond acceptors (Lipinski definition) is 6. The van der Waals surface area contributed by atoms with Crippen molar-refractivity contribution in [2.45, 2.75) is 35.9 Å². The highest BCUT2D eigenvalue weighted by molar-refractivity contribution is 7.91. The lowest BCUT2D eigenvalue weighted by Gasteiger charge is -2.32. The molecule has 1 N–H and O–H groups in total. The van der Waals surface area contributed by atoms with Crippen LogP contribution in [-0.2, 0) is 14.8 Å². The van der Waals surface area contributed by atoms with Gasteiger partial charge in [-0.15, -0.1) is 22.7 Å². The maximum atomic E-state index is 12.9. The molecule has 2 aromatic heterocycles. The van der Waals surface area contributed by atoms with Gasteiger partial charge in [0.1, 0.15) is 4.21 Å². The first-order chi connectivity index (χ1) is 14.1. The number of carbonyl (C=O) groups excluding carboxylic acids is 1. The molecule has 2 atom stereocenters. The predicted molar refractivity (Wildman–Crippen MR) is 117 cm³/mol. The lowest BCUT2D eigenvalue weighted by atomic mass is 9.98. The Balaban J connectivity index is 1.39. The SMILES string of the molecule is O=C(NC[C@@H](c1cccs1)N1CCCC1)[C@@H]1CCCN(S(=O)(=O)c2cccs2)C1. The Bertz CT molecular complexity index is 891. The van der Waals surface area contributed by atoms with E-state index in [9.17, 15) is 13.2 Å². The van der Waals surface area contributed by atoms with Crippen molar-refractivity contribution in [1.29, 1.82) is 0 Å². The van der Waals surface area contributed by atoms with Crippen molar-refractivity contribution >= 4 is 38.6 Å². The van der Waals surface area contributed by atoms with E-state index in [1.165, 1.54) is 33.4 Å². The Morgan fingerprint density at radius 3 is 2.55 bits per heavy atom. The highest BCUT2D eigenvalue weighted by Gasteiger charge is 2.34. The molecule has 4 heterocycles. The maximum absolute atomic E-state index is 12.9. The Morgan fingerprint density at radius 2 is 1.86 bits per heavy atom. The number of carbonyl (C=O) groups is 1. The number of nitrogens with one attached hydrogen (secondary N) is 1. The third-order valence-corrected chi connectivity index (χ3v) is 9.98. The number of thiophene rings is 2. The highest BCUT2D eigenvalue weighted by atomic mass is 32.2. The van der Waals surface area contributed by atoms with Gasteiger partial charge in [0.05, 0.1) is 12.0 Å². The van der Waals surface area contributed by atoms with Crippen LogP contribution in [0.1, 0.15) is 36.6 Å².